The number of aliphatic carboxylic acids is 1. The standard InChI is InChI=1S/C17H26N2O5/c1-24-7-6-18-10-12(9-15(18)20)16(21)19-13-5-3-2-4-11(13)8-14(19)17(22)23/h11-14H,2-10H2,1H3,(H,22,23)/t11-,12-,13-,14+/m1/s1. The molecule has 4 atom stereocenters. The van der Waals surface area contributed by atoms with Crippen molar-refractivity contribution in [3.05, 3.63) is 0 Å². The molecule has 0 spiro atoms. The molecule has 3 rings (SSSR count). The Morgan fingerprint density at radius 1 is 1.29 bits per heavy atom. The van der Waals surface area contributed by atoms with Crippen molar-refractivity contribution < 1.29 is 24.2 Å². The maximum Gasteiger partial charge on any atom is 0.326 e. The van der Waals surface area contributed by atoms with Crippen LogP contribution >= 0.6 is 0 Å². The number of likely N-dealkylation sites (tertiary alicyclic amines) is 2. The summed E-state index contributed by atoms with van der Waals surface area (Å²) in [4.78, 5) is 40.0. The zero-order valence-corrected chi connectivity index (χ0v) is 14.1. The normalized spacial score (nSPS) is 33.0. The number of amides is 2. The highest BCUT2D eigenvalue weighted by Gasteiger charge is 2.50. The van der Waals surface area contributed by atoms with Gasteiger partial charge < -0.3 is 19.6 Å². The molecule has 0 radical (unpaired) electrons. The molecule has 1 saturated carbocycles. The number of nitrogens with zero attached hydrogens (tertiary/aromatic N) is 2. The minimum absolute atomic E-state index is 0.0375. The van der Waals surface area contributed by atoms with Gasteiger partial charge in [-0.25, -0.2) is 4.79 Å². The van der Waals surface area contributed by atoms with E-state index in [9.17, 15) is 19.5 Å². The van der Waals surface area contributed by atoms with Crippen LogP contribution in [0.5, 0.6) is 0 Å². The van der Waals surface area contributed by atoms with Crippen LogP contribution in [-0.4, -0.2) is 71.6 Å². The van der Waals surface area contributed by atoms with Gasteiger partial charge in [0.25, 0.3) is 0 Å². The number of carboxylic acid groups (broad SMARTS) is 1. The highest BCUT2D eigenvalue weighted by molar-refractivity contribution is 5.92. The second-order valence-corrected chi connectivity index (χ2v) is 7.18. The number of fused-ring (bicyclic) bond motifs is 1. The molecule has 1 aliphatic carbocycles. The predicted octanol–water partition coefficient (Wildman–Crippen LogP) is 0.726. The van der Waals surface area contributed by atoms with Crippen molar-refractivity contribution in [2.75, 3.05) is 26.8 Å². The first kappa shape index (κ1) is 17.2. The smallest absolute Gasteiger partial charge is 0.326 e. The zero-order valence-electron chi connectivity index (χ0n) is 14.1. The second-order valence-electron chi connectivity index (χ2n) is 7.18. The van der Waals surface area contributed by atoms with Gasteiger partial charge >= 0.3 is 5.97 Å². The Balaban J connectivity index is 1.72. The third-order valence-electron chi connectivity index (χ3n) is 5.76. The van der Waals surface area contributed by atoms with Gasteiger partial charge in [-0.3, -0.25) is 9.59 Å². The van der Waals surface area contributed by atoms with Gasteiger partial charge in [-0.15, -0.1) is 0 Å². The molecule has 7 nitrogen and oxygen atoms in total. The van der Waals surface area contributed by atoms with Gasteiger partial charge in [0, 0.05) is 32.7 Å². The third kappa shape index (κ3) is 3.14. The van der Waals surface area contributed by atoms with Crippen LogP contribution in [0.3, 0.4) is 0 Å². The summed E-state index contributed by atoms with van der Waals surface area (Å²) in [6, 6.07) is -0.691. The first-order valence-electron chi connectivity index (χ1n) is 8.84. The molecular weight excluding hydrogens is 312 g/mol. The van der Waals surface area contributed by atoms with Crippen molar-refractivity contribution in [1.29, 1.82) is 0 Å². The first-order valence-corrected chi connectivity index (χ1v) is 8.84. The lowest BCUT2D eigenvalue weighted by Crippen LogP contribution is -2.49. The SMILES string of the molecule is COCCN1C[C@H](C(=O)N2[C@@H]3CCCC[C@@H]3C[C@H]2C(=O)O)CC1=O. The largest absolute Gasteiger partial charge is 0.480 e. The van der Waals surface area contributed by atoms with E-state index < -0.39 is 17.9 Å². The van der Waals surface area contributed by atoms with Crippen LogP contribution in [0, 0.1) is 11.8 Å². The van der Waals surface area contributed by atoms with Gasteiger partial charge in [-0.2, -0.15) is 0 Å². The fraction of sp³-hybridized carbons (Fsp3) is 0.824. The summed E-state index contributed by atoms with van der Waals surface area (Å²) >= 11 is 0. The molecule has 2 heterocycles. The highest BCUT2D eigenvalue weighted by Crippen LogP contribution is 2.41. The maximum absolute atomic E-state index is 13.0. The van der Waals surface area contributed by atoms with Gasteiger partial charge in [0.1, 0.15) is 6.04 Å². The van der Waals surface area contributed by atoms with E-state index in [1.165, 1.54) is 0 Å². The maximum atomic E-state index is 13.0. The van der Waals surface area contributed by atoms with Crippen LogP contribution in [0.2, 0.25) is 0 Å². The molecule has 0 aromatic carbocycles. The minimum Gasteiger partial charge on any atom is -0.480 e. The molecule has 0 bridgehead atoms. The summed E-state index contributed by atoms with van der Waals surface area (Å²) in [5.41, 5.74) is 0. The molecule has 3 aliphatic rings. The minimum atomic E-state index is -0.918. The average Bonchev–Trinajstić information content (AvgIpc) is 3.13. The fourth-order valence-corrected chi connectivity index (χ4v) is 4.56. The Morgan fingerprint density at radius 3 is 2.75 bits per heavy atom. The Bertz CT molecular complexity index is 523. The van der Waals surface area contributed by atoms with Crippen molar-refractivity contribution in [3.8, 4) is 0 Å². The predicted molar refractivity (Wildman–Crippen MR) is 85.2 cm³/mol. The summed E-state index contributed by atoms with van der Waals surface area (Å²) in [6.45, 7) is 1.30. The van der Waals surface area contributed by atoms with E-state index in [-0.39, 0.29) is 24.3 Å². The number of methoxy groups -OCH3 is 1. The molecule has 2 amide bonds. The number of rotatable bonds is 5. The van der Waals surface area contributed by atoms with Gasteiger partial charge in [-0.05, 0) is 25.2 Å². The Morgan fingerprint density at radius 2 is 2.04 bits per heavy atom. The lowest BCUT2D eigenvalue weighted by Gasteiger charge is -2.34. The molecule has 2 saturated heterocycles. The van der Waals surface area contributed by atoms with E-state index >= 15 is 0 Å². The summed E-state index contributed by atoms with van der Waals surface area (Å²) in [6.07, 6.45) is 4.78. The molecular formula is C17H26N2O5. The van der Waals surface area contributed by atoms with E-state index in [2.05, 4.69) is 0 Å². The summed E-state index contributed by atoms with van der Waals surface area (Å²) in [5, 5.41) is 9.55. The van der Waals surface area contributed by atoms with Crippen molar-refractivity contribution >= 4 is 17.8 Å². The summed E-state index contributed by atoms with van der Waals surface area (Å²) in [7, 11) is 1.58. The number of carboxylic acids is 1. The highest BCUT2D eigenvalue weighted by atomic mass is 16.5. The molecule has 0 aromatic rings. The average molecular weight is 338 g/mol. The summed E-state index contributed by atoms with van der Waals surface area (Å²) in [5.74, 6) is -1.23. The number of ether oxygens (including phenoxy) is 1. The number of carbonyl (C=O) groups excluding carboxylic acids is 2. The molecule has 7 heteroatoms. The van der Waals surface area contributed by atoms with Gasteiger partial charge in [0.15, 0.2) is 0 Å². The van der Waals surface area contributed by atoms with Gasteiger partial charge in [0.05, 0.1) is 12.5 Å². The van der Waals surface area contributed by atoms with E-state index in [0.29, 0.717) is 32.0 Å². The number of hydrogen-bond donors (Lipinski definition) is 1. The molecule has 0 aromatic heterocycles. The third-order valence-corrected chi connectivity index (χ3v) is 5.76. The van der Waals surface area contributed by atoms with Crippen molar-refractivity contribution in [3.63, 3.8) is 0 Å². The first-order chi connectivity index (χ1) is 11.5. The number of carbonyl (C=O) groups is 3. The van der Waals surface area contributed by atoms with Gasteiger partial charge in [-0.1, -0.05) is 12.8 Å². The van der Waals surface area contributed by atoms with Crippen LogP contribution < -0.4 is 0 Å². The van der Waals surface area contributed by atoms with Crippen LogP contribution in [0.4, 0.5) is 0 Å². The van der Waals surface area contributed by atoms with E-state index in [0.717, 1.165) is 25.7 Å². The zero-order chi connectivity index (χ0) is 17.3. The fourth-order valence-electron chi connectivity index (χ4n) is 4.56. The second kappa shape index (κ2) is 7.09. The Hall–Kier alpha value is -1.63. The Kier molecular flexibility index (Phi) is 5.08. The molecule has 0 unspecified atom stereocenters. The van der Waals surface area contributed by atoms with Crippen LogP contribution in [0.1, 0.15) is 38.5 Å². The van der Waals surface area contributed by atoms with E-state index in [1.54, 1.807) is 16.9 Å². The lowest BCUT2D eigenvalue weighted by molar-refractivity contribution is -0.151. The van der Waals surface area contributed by atoms with Crippen LogP contribution in [0.15, 0.2) is 0 Å². The van der Waals surface area contributed by atoms with Crippen molar-refractivity contribution in [2.45, 2.75) is 50.6 Å². The van der Waals surface area contributed by atoms with Crippen molar-refractivity contribution in [2.24, 2.45) is 11.8 Å². The quantitative estimate of drug-likeness (QED) is 0.798. The van der Waals surface area contributed by atoms with Crippen molar-refractivity contribution in [1.82, 2.24) is 9.80 Å². The van der Waals surface area contributed by atoms with Crippen LogP contribution in [-0.2, 0) is 19.1 Å². The van der Waals surface area contributed by atoms with Gasteiger partial charge in [0.2, 0.25) is 11.8 Å². The molecule has 3 fully saturated rings. The molecule has 134 valence electrons. The Labute approximate surface area is 141 Å². The topological polar surface area (TPSA) is 87.2 Å². The van der Waals surface area contributed by atoms with E-state index in [4.69, 9.17) is 4.74 Å². The summed E-state index contributed by atoms with van der Waals surface area (Å²) < 4.78 is 5.00. The molecule has 1 N–H and O–H groups in total. The molecule has 2 aliphatic heterocycles. The van der Waals surface area contributed by atoms with Crippen LogP contribution in [0.25, 0.3) is 0 Å². The lowest BCUT2D eigenvalue weighted by atomic mass is 9.84. The van der Waals surface area contributed by atoms with E-state index in [1.807, 2.05) is 0 Å². The monoisotopic (exact) mass is 338 g/mol. The number of hydrogen-bond acceptors (Lipinski definition) is 4. The molecule has 24 heavy (non-hydrogen) atoms.